The molecule has 0 saturated carbocycles. The summed E-state index contributed by atoms with van der Waals surface area (Å²) in [5, 5.41) is 4.82. The fourth-order valence-electron chi connectivity index (χ4n) is 1.96. The Morgan fingerprint density at radius 1 is 1.29 bits per heavy atom. The average molecular weight is 251 g/mol. The topological polar surface area (TPSA) is 34.2 Å². The lowest BCUT2D eigenvalue weighted by Crippen LogP contribution is -1.99. The van der Waals surface area contributed by atoms with Gasteiger partial charge in [-0.15, -0.1) is 0 Å². The highest BCUT2D eigenvalue weighted by Crippen LogP contribution is 2.34. The molecule has 0 aliphatic heterocycles. The number of anilines is 1. The lowest BCUT2D eigenvalue weighted by Gasteiger charge is -2.13. The molecule has 0 amide bonds. The molecule has 1 N–H and O–H groups in total. The third-order valence-corrected chi connectivity index (χ3v) is 3.29. The van der Waals surface area contributed by atoms with Crippen LogP contribution in [-0.2, 0) is 0 Å². The Labute approximate surface area is 106 Å². The summed E-state index contributed by atoms with van der Waals surface area (Å²) in [5.41, 5.74) is 4.10. The van der Waals surface area contributed by atoms with E-state index in [0.717, 1.165) is 27.8 Å². The first-order chi connectivity index (χ1) is 8.08. The van der Waals surface area contributed by atoms with Crippen molar-refractivity contribution in [2.24, 2.45) is 0 Å². The van der Waals surface area contributed by atoms with Crippen LogP contribution in [0, 0.1) is 13.8 Å². The number of benzene rings is 1. The molecule has 4 heteroatoms. The molecule has 1 heterocycles. The molecule has 0 saturated heterocycles. The van der Waals surface area contributed by atoms with E-state index in [1.54, 1.807) is 7.11 Å². The van der Waals surface area contributed by atoms with Gasteiger partial charge in [-0.2, -0.15) is 0 Å². The SMILES string of the molecule is CNc1c(C)c(C)nc2cc(OC)c(Cl)cc12. The maximum atomic E-state index is 6.14. The first kappa shape index (κ1) is 12.0. The summed E-state index contributed by atoms with van der Waals surface area (Å²) in [4.78, 5) is 4.55. The van der Waals surface area contributed by atoms with Gasteiger partial charge in [0.1, 0.15) is 5.75 Å². The zero-order valence-electron chi connectivity index (χ0n) is 10.4. The zero-order valence-corrected chi connectivity index (χ0v) is 11.1. The number of aromatic nitrogens is 1. The van der Waals surface area contributed by atoms with Gasteiger partial charge in [-0.05, 0) is 25.5 Å². The minimum absolute atomic E-state index is 0.599. The van der Waals surface area contributed by atoms with Crippen molar-refractivity contribution in [2.75, 3.05) is 19.5 Å². The van der Waals surface area contributed by atoms with Gasteiger partial charge in [0, 0.05) is 29.9 Å². The van der Waals surface area contributed by atoms with E-state index in [9.17, 15) is 0 Å². The molecule has 0 bridgehead atoms. The molecule has 1 aromatic heterocycles. The lowest BCUT2D eigenvalue weighted by molar-refractivity contribution is 0.415. The molecule has 0 fully saturated rings. The minimum atomic E-state index is 0.599. The van der Waals surface area contributed by atoms with Gasteiger partial charge < -0.3 is 10.1 Å². The quantitative estimate of drug-likeness (QED) is 0.885. The third-order valence-electron chi connectivity index (χ3n) is 3.00. The monoisotopic (exact) mass is 250 g/mol. The van der Waals surface area contributed by atoms with Crippen LogP contribution in [0.4, 0.5) is 5.69 Å². The molecule has 3 nitrogen and oxygen atoms in total. The molecular weight excluding hydrogens is 236 g/mol. The van der Waals surface area contributed by atoms with Crippen LogP contribution in [-0.4, -0.2) is 19.1 Å². The van der Waals surface area contributed by atoms with Crippen molar-refractivity contribution in [3.8, 4) is 5.75 Å². The van der Waals surface area contributed by atoms with Crippen LogP contribution in [0.5, 0.6) is 5.75 Å². The highest BCUT2D eigenvalue weighted by Gasteiger charge is 2.11. The second-order valence-electron chi connectivity index (χ2n) is 3.95. The van der Waals surface area contributed by atoms with E-state index in [1.165, 1.54) is 0 Å². The predicted octanol–water partition coefficient (Wildman–Crippen LogP) is 3.56. The van der Waals surface area contributed by atoms with Gasteiger partial charge in [-0.1, -0.05) is 11.6 Å². The highest BCUT2D eigenvalue weighted by atomic mass is 35.5. The zero-order chi connectivity index (χ0) is 12.6. The molecule has 0 aliphatic carbocycles. The van der Waals surface area contributed by atoms with Gasteiger partial charge in [0.15, 0.2) is 0 Å². The van der Waals surface area contributed by atoms with Crippen LogP contribution in [0.25, 0.3) is 10.9 Å². The number of ether oxygens (including phenoxy) is 1. The summed E-state index contributed by atoms with van der Waals surface area (Å²) in [7, 11) is 3.51. The third kappa shape index (κ3) is 1.91. The van der Waals surface area contributed by atoms with E-state index in [2.05, 4.69) is 10.3 Å². The molecule has 1 aromatic carbocycles. The van der Waals surface area contributed by atoms with Crippen LogP contribution >= 0.6 is 11.6 Å². The molecule has 2 rings (SSSR count). The molecule has 17 heavy (non-hydrogen) atoms. The van der Waals surface area contributed by atoms with Crippen LogP contribution in [0.1, 0.15) is 11.3 Å². The molecule has 0 spiro atoms. The molecular formula is C13H15ClN2O. The number of hydrogen-bond donors (Lipinski definition) is 1. The molecule has 0 unspecified atom stereocenters. The number of pyridine rings is 1. The number of rotatable bonds is 2. The first-order valence-electron chi connectivity index (χ1n) is 5.40. The van der Waals surface area contributed by atoms with Crippen LogP contribution in [0.15, 0.2) is 12.1 Å². The molecule has 0 atom stereocenters. The number of nitrogens with one attached hydrogen (secondary N) is 1. The van der Waals surface area contributed by atoms with Gasteiger partial charge in [-0.25, -0.2) is 0 Å². The summed E-state index contributed by atoms with van der Waals surface area (Å²) < 4.78 is 5.20. The number of aryl methyl sites for hydroxylation is 1. The molecule has 0 aliphatic rings. The van der Waals surface area contributed by atoms with Crippen molar-refractivity contribution < 1.29 is 4.74 Å². The number of hydrogen-bond acceptors (Lipinski definition) is 3. The van der Waals surface area contributed by atoms with Gasteiger partial charge in [-0.3, -0.25) is 4.98 Å². The van der Waals surface area contributed by atoms with E-state index in [1.807, 2.05) is 33.0 Å². The number of methoxy groups -OCH3 is 1. The minimum Gasteiger partial charge on any atom is -0.495 e. The summed E-state index contributed by atoms with van der Waals surface area (Å²) in [5.74, 6) is 0.650. The predicted molar refractivity (Wildman–Crippen MR) is 72.3 cm³/mol. The largest absolute Gasteiger partial charge is 0.495 e. The Hall–Kier alpha value is -1.48. The van der Waals surface area contributed by atoms with Crippen molar-refractivity contribution in [3.63, 3.8) is 0 Å². The van der Waals surface area contributed by atoms with E-state index < -0.39 is 0 Å². The Morgan fingerprint density at radius 2 is 2.00 bits per heavy atom. The van der Waals surface area contributed by atoms with Crippen molar-refractivity contribution in [3.05, 3.63) is 28.4 Å². The van der Waals surface area contributed by atoms with Crippen LogP contribution in [0.2, 0.25) is 5.02 Å². The summed E-state index contributed by atoms with van der Waals surface area (Å²) in [6, 6.07) is 3.76. The van der Waals surface area contributed by atoms with E-state index in [0.29, 0.717) is 10.8 Å². The van der Waals surface area contributed by atoms with Gasteiger partial charge in [0.2, 0.25) is 0 Å². The van der Waals surface area contributed by atoms with Crippen molar-refractivity contribution in [1.82, 2.24) is 4.98 Å². The lowest BCUT2D eigenvalue weighted by atomic mass is 10.1. The second kappa shape index (κ2) is 4.41. The van der Waals surface area contributed by atoms with Gasteiger partial charge in [0.25, 0.3) is 0 Å². The normalized spacial score (nSPS) is 10.6. The molecule has 0 radical (unpaired) electrons. The molecule has 90 valence electrons. The van der Waals surface area contributed by atoms with E-state index >= 15 is 0 Å². The Morgan fingerprint density at radius 3 is 2.59 bits per heavy atom. The highest BCUT2D eigenvalue weighted by molar-refractivity contribution is 6.33. The maximum absolute atomic E-state index is 6.14. The van der Waals surface area contributed by atoms with Crippen molar-refractivity contribution in [2.45, 2.75) is 13.8 Å². The summed E-state index contributed by atoms with van der Waals surface area (Å²) in [6.45, 7) is 4.04. The Bertz CT molecular complexity index is 581. The van der Waals surface area contributed by atoms with E-state index in [-0.39, 0.29) is 0 Å². The van der Waals surface area contributed by atoms with Crippen molar-refractivity contribution in [1.29, 1.82) is 0 Å². The van der Waals surface area contributed by atoms with Crippen LogP contribution < -0.4 is 10.1 Å². The number of halogens is 1. The van der Waals surface area contributed by atoms with Gasteiger partial charge in [0.05, 0.1) is 17.6 Å². The molecule has 2 aromatic rings. The number of fused-ring (bicyclic) bond motifs is 1. The first-order valence-corrected chi connectivity index (χ1v) is 5.78. The van der Waals surface area contributed by atoms with Crippen LogP contribution in [0.3, 0.4) is 0 Å². The average Bonchev–Trinajstić information content (AvgIpc) is 2.31. The van der Waals surface area contributed by atoms with Crippen molar-refractivity contribution >= 4 is 28.2 Å². The smallest absolute Gasteiger partial charge is 0.139 e. The Balaban J connectivity index is 2.86. The fourth-order valence-corrected chi connectivity index (χ4v) is 2.20. The second-order valence-corrected chi connectivity index (χ2v) is 4.36. The number of nitrogens with zero attached hydrogens (tertiary/aromatic N) is 1. The summed E-state index contributed by atoms with van der Waals surface area (Å²) >= 11 is 6.14. The van der Waals surface area contributed by atoms with Gasteiger partial charge >= 0.3 is 0 Å². The maximum Gasteiger partial charge on any atom is 0.139 e. The van der Waals surface area contributed by atoms with E-state index in [4.69, 9.17) is 16.3 Å². The Kier molecular flexibility index (Phi) is 3.11. The summed E-state index contributed by atoms with van der Waals surface area (Å²) in [6.07, 6.45) is 0. The standard InChI is InChI=1S/C13H15ClN2O/c1-7-8(2)16-11-6-12(17-4)10(14)5-9(11)13(7)15-3/h5-6H,1-4H3,(H,15,16). The fraction of sp³-hybridized carbons (Fsp3) is 0.308.